The molecule has 2 N–H and O–H groups in total. The van der Waals surface area contributed by atoms with Crippen LogP contribution in [0, 0.1) is 11.6 Å². The zero-order valence-electron chi connectivity index (χ0n) is 13.7. The second-order valence-corrected chi connectivity index (χ2v) is 7.22. The van der Waals surface area contributed by atoms with E-state index < -0.39 is 33.1 Å². The summed E-state index contributed by atoms with van der Waals surface area (Å²) in [6.45, 7) is 3.60. The minimum atomic E-state index is -3.67. The first-order valence-electron chi connectivity index (χ1n) is 7.62. The highest BCUT2D eigenvalue weighted by Gasteiger charge is 2.19. The van der Waals surface area contributed by atoms with E-state index in [9.17, 15) is 22.0 Å². The Kier molecular flexibility index (Phi) is 5.86. The summed E-state index contributed by atoms with van der Waals surface area (Å²) in [5.74, 6) is -2.91. The van der Waals surface area contributed by atoms with Crippen LogP contribution in [0.4, 0.5) is 14.5 Å². The van der Waals surface area contributed by atoms with E-state index in [4.69, 9.17) is 0 Å². The SMILES string of the molecule is CC[C@@H](C)NS(=O)(=O)c1ccc(NC(=O)c2c(F)cccc2F)cc1. The van der Waals surface area contributed by atoms with Crippen molar-refractivity contribution in [2.45, 2.75) is 31.2 Å². The van der Waals surface area contributed by atoms with E-state index >= 15 is 0 Å². The number of carbonyl (C=O) groups is 1. The van der Waals surface area contributed by atoms with Gasteiger partial charge in [-0.05, 0) is 49.7 Å². The van der Waals surface area contributed by atoms with E-state index in [-0.39, 0.29) is 16.6 Å². The molecular formula is C17H18F2N2O3S. The summed E-state index contributed by atoms with van der Waals surface area (Å²) < 4.78 is 54.0. The zero-order valence-corrected chi connectivity index (χ0v) is 14.5. The number of hydrogen-bond acceptors (Lipinski definition) is 3. The van der Waals surface area contributed by atoms with Gasteiger partial charge in [0.25, 0.3) is 5.91 Å². The summed E-state index contributed by atoms with van der Waals surface area (Å²) in [4.78, 5) is 12.0. The summed E-state index contributed by atoms with van der Waals surface area (Å²) in [5, 5.41) is 2.34. The summed E-state index contributed by atoms with van der Waals surface area (Å²) in [5.41, 5.74) is -0.479. The Hall–Kier alpha value is -2.32. The molecule has 2 aromatic carbocycles. The third-order valence-corrected chi connectivity index (χ3v) is 5.19. The number of carbonyl (C=O) groups excluding carboxylic acids is 1. The molecule has 0 aliphatic rings. The number of anilines is 1. The highest BCUT2D eigenvalue weighted by molar-refractivity contribution is 7.89. The van der Waals surface area contributed by atoms with Gasteiger partial charge in [0.05, 0.1) is 4.90 Å². The number of amides is 1. The largest absolute Gasteiger partial charge is 0.322 e. The number of rotatable bonds is 6. The Morgan fingerprint density at radius 3 is 2.16 bits per heavy atom. The van der Waals surface area contributed by atoms with Crippen LogP contribution in [0.5, 0.6) is 0 Å². The predicted molar refractivity (Wildman–Crippen MR) is 90.8 cm³/mol. The van der Waals surface area contributed by atoms with E-state index in [1.165, 1.54) is 24.3 Å². The molecular weight excluding hydrogens is 350 g/mol. The normalized spacial score (nSPS) is 12.6. The molecule has 1 amide bonds. The maximum atomic E-state index is 13.6. The lowest BCUT2D eigenvalue weighted by atomic mass is 10.2. The molecule has 0 spiro atoms. The number of hydrogen-bond donors (Lipinski definition) is 2. The summed E-state index contributed by atoms with van der Waals surface area (Å²) in [6.07, 6.45) is 0.640. The van der Waals surface area contributed by atoms with Gasteiger partial charge in [-0.15, -0.1) is 0 Å². The van der Waals surface area contributed by atoms with Crippen LogP contribution < -0.4 is 10.0 Å². The van der Waals surface area contributed by atoms with Crippen molar-refractivity contribution in [2.24, 2.45) is 0 Å². The third kappa shape index (κ3) is 4.61. The van der Waals surface area contributed by atoms with Gasteiger partial charge in [-0.25, -0.2) is 21.9 Å². The average Bonchev–Trinajstić information content (AvgIpc) is 2.54. The zero-order chi connectivity index (χ0) is 18.6. The second kappa shape index (κ2) is 7.71. The summed E-state index contributed by atoms with van der Waals surface area (Å²) in [6, 6.07) is 8.21. The van der Waals surface area contributed by atoms with Crippen LogP contribution in [-0.2, 0) is 10.0 Å². The van der Waals surface area contributed by atoms with Gasteiger partial charge in [-0.1, -0.05) is 13.0 Å². The fourth-order valence-electron chi connectivity index (χ4n) is 2.04. The van der Waals surface area contributed by atoms with Gasteiger partial charge in [-0.2, -0.15) is 0 Å². The van der Waals surface area contributed by atoms with Gasteiger partial charge < -0.3 is 5.32 Å². The van der Waals surface area contributed by atoms with Crippen molar-refractivity contribution in [2.75, 3.05) is 5.32 Å². The fraction of sp³-hybridized carbons (Fsp3) is 0.235. The molecule has 0 aliphatic heterocycles. The van der Waals surface area contributed by atoms with Crippen LogP contribution >= 0.6 is 0 Å². The number of halogens is 2. The molecule has 8 heteroatoms. The first-order chi connectivity index (χ1) is 11.7. The van der Waals surface area contributed by atoms with Gasteiger partial charge in [0.15, 0.2) is 0 Å². The van der Waals surface area contributed by atoms with E-state index in [0.29, 0.717) is 6.42 Å². The number of sulfonamides is 1. The topological polar surface area (TPSA) is 75.3 Å². The lowest BCUT2D eigenvalue weighted by molar-refractivity contribution is 0.101. The molecule has 0 saturated heterocycles. The Morgan fingerprint density at radius 1 is 1.08 bits per heavy atom. The van der Waals surface area contributed by atoms with Crippen molar-refractivity contribution < 1.29 is 22.0 Å². The maximum absolute atomic E-state index is 13.6. The van der Waals surface area contributed by atoms with Crippen molar-refractivity contribution in [3.05, 3.63) is 59.7 Å². The first-order valence-corrected chi connectivity index (χ1v) is 9.10. The lowest BCUT2D eigenvalue weighted by Gasteiger charge is -2.12. The molecule has 0 unspecified atom stereocenters. The van der Waals surface area contributed by atoms with Crippen molar-refractivity contribution >= 4 is 21.6 Å². The molecule has 0 aliphatic carbocycles. The van der Waals surface area contributed by atoms with Crippen LogP contribution in [0.2, 0.25) is 0 Å². The van der Waals surface area contributed by atoms with E-state index in [2.05, 4.69) is 10.0 Å². The van der Waals surface area contributed by atoms with Crippen LogP contribution in [0.15, 0.2) is 47.4 Å². The van der Waals surface area contributed by atoms with Crippen LogP contribution in [-0.4, -0.2) is 20.4 Å². The Bertz CT molecular complexity index is 848. The quantitative estimate of drug-likeness (QED) is 0.822. The average molecular weight is 368 g/mol. The fourth-order valence-corrected chi connectivity index (χ4v) is 3.37. The molecule has 0 heterocycles. The highest BCUT2D eigenvalue weighted by Crippen LogP contribution is 2.18. The maximum Gasteiger partial charge on any atom is 0.261 e. The molecule has 2 aromatic rings. The Labute approximate surface area is 145 Å². The molecule has 134 valence electrons. The number of benzene rings is 2. The molecule has 0 aromatic heterocycles. The first kappa shape index (κ1) is 19.0. The highest BCUT2D eigenvalue weighted by atomic mass is 32.2. The molecule has 25 heavy (non-hydrogen) atoms. The van der Waals surface area contributed by atoms with Crippen molar-refractivity contribution in [3.8, 4) is 0 Å². The molecule has 5 nitrogen and oxygen atoms in total. The van der Waals surface area contributed by atoms with Gasteiger partial charge in [0, 0.05) is 11.7 Å². The number of nitrogens with one attached hydrogen (secondary N) is 2. The molecule has 2 rings (SSSR count). The van der Waals surface area contributed by atoms with Crippen molar-refractivity contribution in [1.82, 2.24) is 4.72 Å². The molecule has 0 saturated carbocycles. The smallest absolute Gasteiger partial charge is 0.261 e. The standard InChI is InChI=1S/C17H18F2N2O3S/c1-3-11(2)21-25(23,24)13-9-7-12(8-10-13)20-17(22)16-14(18)5-4-6-15(16)19/h4-11,21H,3H2,1-2H3,(H,20,22)/t11-/m1/s1. The molecule has 0 radical (unpaired) electrons. The molecule has 1 atom stereocenters. The molecule has 0 fully saturated rings. The van der Waals surface area contributed by atoms with E-state index in [1.54, 1.807) is 6.92 Å². The lowest BCUT2D eigenvalue weighted by Crippen LogP contribution is -2.31. The Balaban J connectivity index is 2.17. The Morgan fingerprint density at radius 2 is 1.64 bits per heavy atom. The van der Waals surface area contributed by atoms with Gasteiger partial charge >= 0.3 is 0 Å². The minimum Gasteiger partial charge on any atom is -0.322 e. The van der Waals surface area contributed by atoms with Gasteiger partial charge in [-0.3, -0.25) is 4.79 Å². The minimum absolute atomic E-state index is 0.0304. The van der Waals surface area contributed by atoms with E-state index in [1.807, 2.05) is 6.92 Å². The van der Waals surface area contributed by atoms with Crippen molar-refractivity contribution in [3.63, 3.8) is 0 Å². The van der Waals surface area contributed by atoms with Crippen LogP contribution in [0.25, 0.3) is 0 Å². The van der Waals surface area contributed by atoms with Crippen molar-refractivity contribution in [1.29, 1.82) is 0 Å². The van der Waals surface area contributed by atoms with E-state index in [0.717, 1.165) is 18.2 Å². The van der Waals surface area contributed by atoms with Gasteiger partial charge in [0.1, 0.15) is 17.2 Å². The monoisotopic (exact) mass is 368 g/mol. The predicted octanol–water partition coefficient (Wildman–Crippen LogP) is 3.29. The third-order valence-electron chi connectivity index (χ3n) is 3.58. The summed E-state index contributed by atoms with van der Waals surface area (Å²) >= 11 is 0. The summed E-state index contributed by atoms with van der Waals surface area (Å²) in [7, 11) is -3.67. The molecule has 0 bridgehead atoms. The van der Waals surface area contributed by atoms with Gasteiger partial charge in [0.2, 0.25) is 10.0 Å². The second-order valence-electron chi connectivity index (χ2n) is 5.51. The van der Waals surface area contributed by atoms with Crippen LogP contribution in [0.1, 0.15) is 30.6 Å². The van der Waals surface area contributed by atoms with Crippen LogP contribution in [0.3, 0.4) is 0 Å².